The van der Waals surface area contributed by atoms with Crippen LogP contribution < -0.4 is 5.32 Å². The molecule has 67 valence electrons. The standard InChI is InChI=1S/C10H22N/c1-4-5-6-7-8-9-10(2)11-3/h10-11H,2,4-9H2,1,3H3. The SMILES string of the molecule is [CH2]C(CCCCCCC)NC. The molecular formula is C10H22N. The second-order valence-corrected chi connectivity index (χ2v) is 3.19. The van der Waals surface area contributed by atoms with E-state index in [1.54, 1.807) is 0 Å². The maximum Gasteiger partial charge on any atom is 0.00646 e. The van der Waals surface area contributed by atoms with Crippen LogP contribution in [0.15, 0.2) is 0 Å². The lowest BCUT2D eigenvalue weighted by molar-refractivity contribution is 0.541. The van der Waals surface area contributed by atoms with Crippen LogP contribution in [0.3, 0.4) is 0 Å². The molecule has 0 aromatic heterocycles. The van der Waals surface area contributed by atoms with Gasteiger partial charge in [0.1, 0.15) is 0 Å². The highest BCUT2D eigenvalue weighted by molar-refractivity contribution is 4.65. The second kappa shape index (κ2) is 8.06. The molecule has 0 heterocycles. The highest BCUT2D eigenvalue weighted by Gasteiger charge is 1.96. The molecule has 1 nitrogen and oxygen atoms in total. The van der Waals surface area contributed by atoms with Gasteiger partial charge in [-0.25, -0.2) is 0 Å². The fourth-order valence-electron chi connectivity index (χ4n) is 1.14. The number of hydrogen-bond acceptors (Lipinski definition) is 1. The minimum absolute atomic E-state index is 0.455. The smallest absolute Gasteiger partial charge is 0.00646 e. The number of hydrogen-bond donors (Lipinski definition) is 1. The van der Waals surface area contributed by atoms with Crippen LogP contribution in [0.25, 0.3) is 0 Å². The van der Waals surface area contributed by atoms with E-state index < -0.39 is 0 Å². The number of nitrogens with one attached hydrogen (secondary N) is 1. The van der Waals surface area contributed by atoms with Crippen LogP contribution in [0.1, 0.15) is 45.4 Å². The summed E-state index contributed by atoms with van der Waals surface area (Å²) in [5.41, 5.74) is 0. The summed E-state index contributed by atoms with van der Waals surface area (Å²) >= 11 is 0. The Hall–Kier alpha value is -0.0400. The molecule has 1 radical (unpaired) electrons. The van der Waals surface area contributed by atoms with Gasteiger partial charge in [0.15, 0.2) is 0 Å². The van der Waals surface area contributed by atoms with Crippen molar-refractivity contribution in [3.8, 4) is 0 Å². The molecule has 1 unspecified atom stereocenters. The van der Waals surface area contributed by atoms with Gasteiger partial charge in [-0.1, -0.05) is 39.0 Å². The van der Waals surface area contributed by atoms with E-state index in [-0.39, 0.29) is 0 Å². The highest BCUT2D eigenvalue weighted by atomic mass is 14.8. The summed E-state index contributed by atoms with van der Waals surface area (Å²) in [4.78, 5) is 0. The molecule has 0 saturated carbocycles. The third kappa shape index (κ3) is 7.86. The summed E-state index contributed by atoms with van der Waals surface area (Å²) in [6.45, 7) is 6.21. The molecule has 0 fully saturated rings. The molecule has 0 saturated heterocycles. The average molecular weight is 156 g/mol. The van der Waals surface area contributed by atoms with E-state index in [2.05, 4.69) is 19.2 Å². The van der Waals surface area contributed by atoms with Crippen molar-refractivity contribution in [3.63, 3.8) is 0 Å². The first-order chi connectivity index (χ1) is 5.31. The first kappa shape index (κ1) is 11.0. The zero-order chi connectivity index (χ0) is 8.53. The normalized spacial score (nSPS) is 13.4. The van der Waals surface area contributed by atoms with E-state index >= 15 is 0 Å². The van der Waals surface area contributed by atoms with Gasteiger partial charge in [-0.15, -0.1) is 0 Å². The van der Waals surface area contributed by atoms with Gasteiger partial charge in [0, 0.05) is 6.04 Å². The van der Waals surface area contributed by atoms with Crippen molar-refractivity contribution < 1.29 is 0 Å². The Morgan fingerprint density at radius 2 is 1.82 bits per heavy atom. The first-order valence-corrected chi connectivity index (χ1v) is 4.81. The van der Waals surface area contributed by atoms with Crippen LogP contribution in [-0.2, 0) is 0 Å². The van der Waals surface area contributed by atoms with E-state index in [4.69, 9.17) is 0 Å². The van der Waals surface area contributed by atoms with E-state index in [0.717, 1.165) is 0 Å². The molecule has 1 N–H and O–H groups in total. The highest BCUT2D eigenvalue weighted by Crippen LogP contribution is 2.06. The third-order valence-electron chi connectivity index (χ3n) is 2.06. The fourth-order valence-corrected chi connectivity index (χ4v) is 1.14. The Morgan fingerprint density at radius 3 is 2.36 bits per heavy atom. The topological polar surface area (TPSA) is 12.0 Å². The molecular weight excluding hydrogens is 134 g/mol. The van der Waals surface area contributed by atoms with E-state index in [1.807, 2.05) is 7.05 Å². The number of unbranched alkanes of at least 4 members (excludes halogenated alkanes) is 4. The molecule has 11 heavy (non-hydrogen) atoms. The van der Waals surface area contributed by atoms with Gasteiger partial charge in [0.2, 0.25) is 0 Å². The maximum atomic E-state index is 3.96. The van der Waals surface area contributed by atoms with Crippen molar-refractivity contribution in [2.24, 2.45) is 0 Å². The lowest BCUT2D eigenvalue weighted by atomic mass is 10.1. The van der Waals surface area contributed by atoms with Crippen LogP contribution >= 0.6 is 0 Å². The molecule has 1 heteroatoms. The molecule has 0 aliphatic rings. The van der Waals surface area contributed by atoms with Crippen molar-refractivity contribution in [2.75, 3.05) is 7.05 Å². The second-order valence-electron chi connectivity index (χ2n) is 3.19. The van der Waals surface area contributed by atoms with Crippen molar-refractivity contribution in [2.45, 2.75) is 51.5 Å². The van der Waals surface area contributed by atoms with Crippen LogP contribution in [-0.4, -0.2) is 13.1 Å². The summed E-state index contributed by atoms with van der Waals surface area (Å²) in [6, 6.07) is 0.455. The van der Waals surface area contributed by atoms with Crippen molar-refractivity contribution in [3.05, 3.63) is 6.92 Å². The van der Waals surface area contributed by atoms with E-state index in [9.17, 15) is 0 Å². The minimum atomic E-state index is 0.455. The van der Waals surface area contributed by atoms with Gasteiger partial charge in [0.05, 0.1) is 0 Å². The van der Waals surface area contributed by atoms with Gasteiger partial charge >= 0.3 is 0 Å². The zero-order valence-electron chi connectivity index (χ0n) is 8.03. The molecule has 0 bridgehead atoms. The molecule has 0 aromatic carbocycles. The molecule has 1 atom stereocenters. The molecule has 0 rings (SSSR count). The van der Waals surface area contributed by atoms with E-state index in [0.29, 0.717) is 6.04 Å². The number of rotatable bonds is 7. The third-order valence-corrected chi connectivity index (χ3v) is 2.06. The van der Waals surface area contributed by atoms with Crippen LogP contribution in [0, 0.1) is 6.92 Å². The van der Waals surface area contributed by atoms with Crippen molar-refractivity contribution in [1.82, 2.24) is 5.32 Å². The molecule has 0 spiro atoms. The fraction of sp³-hybridized carbons (Fsp3) is 0.900. The summed E-state index contributed by atoms with van der Waals surface area (Å²) in [7, 11) is 1.98. The molecule has 0 aliphatic heterocycles. The minimum Gasteiger partial charge on any atom is -0.317 e. The quantitative estimate of drug-likeness (QED) is 0.559. The van der Waals surface area contributed by atoms with Gasteiger partial charge in [-0.05, 0) is 20.4 Å². The lowest BCUT2D eigenvalue weighted by Gasteiger charge is -2.08. The van der Waals surface area contributed by atoms with Crippen LogP contribution in [0.5, 0.6) is 0 Å². The molecule has 0 aliphatic carbocycles. The Labute approximate surface area is 71.6 Å². The zero-order valence-corrected chi connectivity index (χ0v) is 8.03. The lowest BCUT2D eigenvalue weighted by Crippen LogP contribution is -2.20. The predicted octanol–water partition coefficient (Wildman–Crippen LogP) is 2.77. The van der Waals surface area contributed by atoms with Crippen molar-refractivity contribution >= 4 is 0 Å². The Balaban J connectivity index is 2.89. The largest absolute Gasteiger partial charge is 0.317 e. The molecule has 0 aromatic rings. The summed E-state index contributed by atoms with van der Waals surface area (Å²) in [6.07, 6.45) is 8.05. The van der Waals surface area contributed by atoms with Gasteiger partial charge in [0.25, 0.3) is 0 Å². The summed E-state index contributed by atoms with van der Waals surface area (Å²) in [5, 5.41) is 3.14. The van der Waals surface area contributed by atoms with Gasteiger partial charge in [-0.2, -0.15) is 0 Å². The van der Waals surface area contributed by atoms with Crippen LogP contribution in [0.2, 0.25) is 0 Å². The predicted molar refractivity (Wildman–Crippen MR) is 51.6 cm³/mol. The van der Waals surface area contributed by atoms with Crippen LogP contribution in [0.4, 0.5) is 0 Å². The average Bonchev–Trinajstić information content (AvgIpc) is 2.04. The van der Waals surface area contributed by atoms with Gasteiger partial charge < -0.3 is 5.32 Å². The van der Waals surface area contributed by atoms with Crippen molar-refractivity contribution in [1.29, 1.82) is 0 Å². The Kier molecular flexibility index (Phi) is 8.03. The summed E-state index contributed by atoms with van der Waals surface area (Å²) < 4.78 is 0. The maximum absolute atomic E-state index is 3.96. The first-order valence-electron chi connectivity index (χ1n) is 4.81. The Morgan fingerprint density at radius 1 is 1.18 bits per heavy atom. The summed E-state index contributed by atoms with van der Waals surface area (Å²) in [5.74, 6) is 0. The Bertz CT molecular complexity index is 71.3. The van der Waals surface area contributed by atoms with Gasteiger partial charge in [-0.3, -0.25) is 0 Å². The monoisotopic (exact) mass is 156 g/mol. The molecule has 0 amide bonds. The van der Waals surface area contributed by atoms with E-state index in [1.165, 1.54) is 38.5 Å².